The van der Waals surface area contributed by atoms with Crippen molar-refractivity contribution in [2.24, 2.45) is 22.5 Å². The Morgan fingerprint density at radius 2 is 1.71 bits per heavy atom. The van der Waals surface area contributed by atoms with Gasteiger partial charge < -0.3 is 46.1 Å². The molecule has 5 amide bonds. The Morgan fingerprint density at radius 3 is 2.35 bits per heavy atom. The van der Waals surface area contributed by atoms with Crippen LogP contribution in [0.2, 0.25) is 0 Å². The monoisotopic (exact) mass is 1090 g/mol. The van der Waals surface area contributed by atoms with Gasteiger partial charge in [0.2, 0.25) is 23.6 Å². The molecule has 21 heteroatoms. The number of anilines is 1. The summed E-state index contributed by atoms with van der Waals surface area (Å²) in [4.78, 5) is 91.2. The van der Waals surface area contributed by atoms with E-state index >= 15 is 0 Å². The van der Waals surface area contributed by atoms with Crippen molar-refractivity contribution in [1.29, 1.82) is 0 Å². The number of β-amino-alcohol motifs (C(OH)–C–C–N with tert-alkyl or cyclic N) is 1. The number of fused-ring (bicyclic) bond motifs is 1. The van der Waals surface area contributed by atoms with Crippen LogP contribution in [0.3, 0.4) is 0 Å². The molecule has 1 spiro atoms. The lowest BCUT2D eigenvalue weighted by Gasteiger charge is -2.46. The minimum Gasteiger partial charge on any atom is -0.496 e. The van der Waals surface area contributed by atoms with Gasteiger partial charge in [0, 0.05) is 67.9 Å². The van der Waals surface area contributed by atoms with E-state index in [2.05, 4.69) is 57.5 Å². The van der Waals surface area contributed by atoms with E-state index < -0.39 is 65.4 Å². The number of piperidine rings is 2. The fourth-order valence-electron chi connectivity index (χ4n) is 11.1. The van der Waals surface area contributed by atoms with Gasteiger partial charge in [0.25, 0.3) is 17.7 Å². The summed E-state index contributed by atoms with van der Waals surface area (Å²) in [6, 6.07) is 8.66. The molecule has 19 nitrogen and oxygen atoms in total. The van der Waals surface area contributed by atoms with Crippen LogP contribution < -0.4 is 36.1 Å². The summed E-state index contributed by atoms with van der Waals surface area (Å²) in [6.45, 7) is 13.3. The third kappa shape index (κ3) is 12.1. The number of aliphatic hydroxyl groups excluding tert-OH is 1. The lowest BCUT2D eigenvalue weighted by molar-refractivity contribution is -0.142. The van der Waals surface area contributed by atoms with Crippen LogP contribution in [0.4, 0.5) is 10.3 Å². The average Bonchev–Trinajstić information content (AvgIpc) is 4.16. The Kier molecular flexibility index (Phi) is 16.6. The highest BCUT2D eigenvalue weighted by atomic mass is 32.1. The summed E-state index contributed by atoms with van der Waals surface area (Å²) in [6.07, 6.45) is 6.49. The number of thiazole rings is 1. The van der Waals surface area contributed by atoms with Crippen molar-refractivity contribution in [2.75, 3.05) is 57.9 Å². The number of aryl methyl sites for hydroxylation is 1. The first kappa shape index (κ1) is 55.5. The van der Waals surface area contributed by atoms with Crippen LogP contribution in [0.1, 0.15) is 104 Å². The van der Waals surface area contributed by atoms with Crippen molar-refractivity contribution in [3.63, 3.8) is 0 Å². The highest BCUT2D eigenvalue weighted by Crippen LogP contribution is 2.42. The summed E-state index contributed by atoms with van der Waals surface area (Å²) >= 11 is 1.57. The fourth-order valence-corrected chi connectivity index (χ4v) is 11.9. The molecule has 4 fully saturated rings. The van der Waals surface area contributed by atoms with Crippen LogP contribution in [0.25, 0.3) is 21.2 Å². The molecule has 4 saturated heterocycles. The number of aromatic nitrogens is 4. The van der Waals surface area contributed by atoms with E-state index in [9.17, 15) is 33.5 Å². The molecule has 7 heterocycles. The SMILES string of the molecule is CC[C@@H]1[C@H](F)C(=O)N[C@@H]1COc1ncc(C#CCN2CCC3(CC2)CCN(c2ncc(C(=O)NC(C(=O)N4C[C@H](O)C[C@H]4C(=O)NCc4ccc(-c5scnc5C)cc4)C(C)(C)C)cn2)CC3)c2cc(C(N)=O)c(OC)cc12. The van der Waals surface area contributed by atoms with Gasteiger partial charge in [0.15, 0.2) is 6.17 Å². The Bertz CT molecular complexity index is 3100. The number of benzene rings is 2. The van der Waals surface area contributed by atoms with Crippen molar-refractivity contribution in [1.82, 2.24) is 45.7 Å². The zero-order chi connectivity index (χ0) is 55.5. The first-order valence-corrected chi connectivity index (χ1v) is 27.5. The summed E-state index contributed by atoms with van der Waals surface area (Å²) in [5, 5.41) is 20.4. The van der Waals surface area contributed by atoms with Gasteiger partial charge in [-0.3, -0.25) is 28.9 Å². The molecule has 4 aliphatic rings. The van der Waals surface area contributed by atoms with E-state index in [-0.39, 0.29) is 60.2 Å². The molecule has 6 N–H and O–H groups in total. The van der Waals surface area contributed by atoms with Crippen LogP contribution in [0.5, 0.6) is 11.6 Å². The van der Waals surface area contributed by atoms with Crippen molar-refractivity contribution in [3.05, 3.63) is 88.4 Å². The summed E-state index contributed by atoms with van der Waals surface area (Å²) in [5.74, 6) is 4.35. The van der Waals surface area contributed by atoms with Crippen molar-refractivity contribution in [3.8, 4) is 33.9 Å². The number of halogens is 1. The number of alkyl halides is 1. The Morgan fingerprint density at radius 1 is 1.00 bits per heavy atom. The number of likely N-dealkylation sites (tertiary alicyclic amines) is 2. The number of amides is 5. The van der Waals surface area contributed by atoms with Crippen molar-refractivity contribution in [2.45, 2.75) is 110 Å². The highest BCUT2D eigenvalue weighted by molar-refractivity contribution is 7.13. The molecule has 0 radical (unpaired) electrons. The number of nitrogens with one attached hydrogen (secondary N) is 3. The highest BCUT2D eigenvalue weighted by Gasteiger charge is 2.45. The smallest absolute Gasteiger partial charge is 0.255 e. The predicted octanol–water partition coefficient (Wildman–Crippen LogP) is 4.96. The lowest BCUT2D eigenvalue weighted by Crippen LogP contribution is -2.57. The van der Waals surface area contributed by atoms with Crippen molar-refractivity contribution < 1.29 is 42.9 Å². The number of nitrogens with zero attached hydrogens (tertiary/aromatic N) is 7. The van der Waals surface area contributed by atoms with Crippen LogP contribution in [-0.4, -0.2) is 148 Å². The number of carbonyl (C=O) groups is 5. The molecule has 4 aliphatic heterocycles. The van der Waals surface area contributed by atoms with E-state index in [4.69, 9.17) is 15.2 Å². The maximum atomic E-state index is 14.5. The second-order valence-corrected chi connectivity index (χ2v) is 22.9. The van der Waals surface area contributed by atoms with Crippen LogP contribution in [0.15, 0.2) is 60.5 Å². The number of methoxy groups -OCH3 is 1. The number of primary amides is 1. The minimum absolute atomic E-state index is 0.00468. The molecule has 0 bridgehead atoms. The number of hydrogen-bond donors (Lipinski definition) is 5. The van der Waals surface area contributed by atoms with Gasteiger partial charge in [-0.2, -0.15) is 0 Å². The normalized spacial score (nSPS) is 21.6. The zero-order valence-corrected chi connectivity index (χ0v) is 45.8. The molecule has 412 valence electrons. The number of nitrogens with two attached hydrogens (primary N) is 1. The Labute approximate surface area is 457 Å². The average molecular weight is 1090 g/mol. The number of hydrogen-bond acceptors (Lipinski definition) is 15. The van der Waals surface area contributed by atoms with Gasteiger partial charge in [-0.15, -0.1) is 11.3 Å². The second kappa shape index (κ2) is 23.4. The molecular weight excluding hydrogens is 1020 g/mol. The molecule has 1 unspecified atom stereocenters. The van der Waals surface area contributed by atoms with Crippen molar-refractivity contribution >= 4 is 57.6 Å². The van der Waals surface area contributed by atoms with Gasteiger partial charge in [0.05, 0.1) is 58.6 Å². The summed E-state index contributed by atoms with van der Waals surface area (Å²) in [7, 11) is 1.43. The molecule has 0 aliphatic carbocycles. The van der Waals surface area contributed by atoms with Gasteiger partial charge in [-0.25, -0.2) is 24.3 Å². The molecule has 5 aromatic rings. The van der Waals surface area contributed by atoms with Gasteiger partial charge in [-0.05, 0) is 86.2 Å². The number of aliphatic hydroxyl groups is 1. The third-order valence-electron chi connectivity index (χ3n) is 15.9. The number of rotatable bonds is 15. The molecule has 0 saturated carbocycles. The van der Waals surface area contributed by atoms with E-state index in [1.165, 1.54) is 24.4 Å². The maximum Gasteiger partial charge on any atom is 0.255 e. The molecular formula is C57H68FN11O8S. The third-order valence-corrected chi connectivity index (χ3v) is 16.9. The van der Waals surface area contributed by atoms with Gasteiger partial charge >= 0.3 is 0 Å². The standard InChI is InChI=1S/C57H68FN11O8S/c1-7-39-43(65-52(74)46(39)58)31-77-53-41-25-45(76-6)42(49(59)71)24-40(41)36(27-61-53)9-8-18-67-19-14-57(15-20-67)16-21-68(22-17-57)55-62-28-37(29-63-55)50(72)66-48(56(3,4)5)54(75)69-30-38(70)23-44(69)51(73)60-26-34-10-12-35(13-11-34)47-33(2)64-32-78-47/h10-13,24-25,27-29,32,38-39,43-44,46,48,70H,7,14-23,26,30-31H2,1-6H3,(H2,59,71)(H,60,73)(H,65,74)(H,66,72)/t38-,39+,43-,44+,46+,48?/m1/s1. The number of carbonyl (C=O) groups excluding carboxylic acids is 5. The quantitative estimate of drug-likeness (QED) is 0.0871. The van der Waals surface area contributed by atoms with Gasteiger partial charge in [0.1, 0.15) is 24.4 Å². The Balaban J connectivity index is 0.766. The van der Waals surface area contributed by atoms with Crippen LogP contribution >= 0.6 is 11.3 Å². The van der Waals surface area contributed by atoms with E-state index in [0.717, 1.165) is 73.6 Å². The van der Waals surface area contributed by atoms with E-state index in [1.807, 2.05) is 64.4 Å². The predicted molar refractivity (Wildman–Crippen MR) is 292 cm³/mol. The molecule has 9 rings (SSSR count). The lowest BCUT2D eigenvalue weighted by atomic mass is 9.71. The fraction of sp³-hybridized carbons (Fsp3) is 0.491. The molecule has 78 heavy (non-hydrogen) atoms. The number of ether oxygens (including phenoxy) is 2. The van der Waals surface area contributed by atoms with Crippen LogP contribution in [-0.2, 0) is 20.9 Å². The van der Waals surface area contributed by atoms with E-state index in [1.54, 1.807) is 29.7 Å². The maximum absolute atomic E-state index is 14.5. The van der Waals surface area contributed by atoms with Gasteiger partial charge in [-0.1, -0.05) is 63.8 Å². The largest absolute Gasteiger partial charge is 0.496 e. The zero-order valence-electron chi connectivity index (χ0n) is 44.9. The second-order valence-electron chi connectivity index (χ2n) is 22.0. The first-order valence-electron chi connectivity index (χ1n) is 26.6. The molecule has 2 aromatic carbocycles. The first-order chi connectivity index (χ1) is 37.3. The molecule has 3 aromatic heterocycles. The Hall–Kier alpha value is -7.28. The summed E-state index contributed by atoms with van der Waals surface area (Å²) < 4.78 is 26.1. The van der Waals surface area contributed by atoms with E-state index in [0.29, 0.717) is 35.2 Å². The molecule has 6 atom stereocenters. The summed E-state index contributed by atoms with van der Waals surface area (Å²) in [5.41, 5.74) is 10.8. The number of pyridine rings is 1. The minimum atomic E-state index is -1.60. The topological polar surface area (TPSA) is 247 Å². The van der Waals surface area contributed by atoms with Crippen LogP contribution in [0, 0.1) is 35.5 Å².